The highest BCUT2D eigenvalue weighted by Gasteiger charge is 2.34. The molecule has 2 rings (SSSR count). The zero-order chi connectivity index (χ0) is 15.8. The monoisotopic (exact) mass is 292 g/mol. The van der Waals surface area contributed by atoms with Crippen LogP contribution < -0.4 is 0 Å². The second kappa shape index (κ2) is 4.96. The summed E-state index contributed by atoms with van der Waals surface area (Å²) >= 11 is 0. The van der Waals surface area contributed by atoms with E-state index in [1.54, 1.807) is 10.9 Å². The number of alkyl halides is 3. The van der Waals surface area contributed by atoms with E-state index in [4.69, 9.17) is 6.42 Å². The van der Waals surface area contributed by atoms with E-state index in [9.17, 15) is 13.2 Å². The summed E-state index contributed by atoms with van der Waals surface area (Å²) in [7, 11) is 0. The van der Waals surface area contributed by atoms with E-state index in [0.717, 1.165) is 6.07 Å². The number of halogens is 3. The largest absolute Gasteiger partial charge is 0.417 e. The Morgan fingerprint density at radius 2 is 1.86 bits per heavy atom. The average molecular weight is 292 g/mol. The third kappa shape index (κ3) is 3.10. The highest BCUT2D eigenvalue weighted by molar-refractivity contribution is 5.68. The van der Waals surface area contributed by atoms with Crippen LogP contribution in [-0.4, -0.2) is 9.78 Å². The minimum absolute atomic E-state index is 0.0806. The molecular weight excluding hydrogens is 277 g/mol. The van der Waals surface area contributed by atoms with Gasteiger partial charge in [-0.2, -0.15) is 18.3 Å². The van der Waals surface area contributed by atoms with Crippen LogP contribution in [0.1, 0.15) is 31.9 Å². The fourth-order valence-electron chi connectivity index (χ4n) is 1.95. The summed E-state index contributed by atoms with van der Waals surface area (Å²) in [5.41, 5.74) is -0.339. The standard InChI is InChI=1S/C16H15F3N2/c1-5-11-6-7-13(14(8-11)16(17,18)19)12-9-20-21(10-12)15(2,3)4/h1,6-10H,2-4H3. The van der Waals surface area contributed by atoms with E-state index < -0.39 is 11.7 Å². The summed E-state index contributed by atoms with van der Waals surface area (Å²) < 4.78 is 41.2. The second-order valence-corrected chi connectivity index (χ2v) is 5.75. The molecule has 1 aromatic heterocycles. The Kier molecular flexibility index (Phi) is 3.58. The van der Waals surface area contributed by atoms with Crippen molar-refractivity contribution in [1.82, 2.24) is 9.78 Å². The maximum atomic E-state index is 13.2. The fourth-order valence-corrected chi connectivity index (χ4v) is 1.95. The van der Waals surface area contributed by atoms with E-state index in [-0.39, 0.29) is 16.7 Å². The van der Waals surface area contributed by atoms with Crippen molar-refractivity contribution in [2.75, 3.05) is 0 Å². The SMILES string of the molecule is C#Cc1ccc(-c2cnn(C(C)(C)C)c2)c(C(F)(F)F)c1. The molecule has 0 unspecified atom stereocenters. The van der Waals surface area contributed by atoms with Gasteiger partial charge in [0, 0.05) is 17.3 Å². The molecule has 0 saturated carbocycles. The number of aromatic nitrogens is 2. The lowest BCUT2D eigenvalue weighted by atomic mass is 9.99. The molecule has 2 nitrogen and oxygen atoms in total. The first-order valence-corrected chi connectivity index (χ1v) is 6.36. The predicted octanol–water partition coefficient (Wildman–Crippen LogP) is 4.31. The quantitative estimate of drug-likeness (QED) is 0.716. The van der Waals surface area contributed by atoms with Crippen molar-refractivity contribution < 1.29 is 13.2 Å². The molecule has 2 aromatic rings. The maximum absolute atomic E-state index is 13.2. The van der Waals surface area contributed by atoms with Gasteiger partial charge in [0.15, 0.2) is 0 Å². The Morgan fingerprint density at radius 3 is 2.33 bits per heavy atom. The molecular formula is C16H15F3N2. The Bertz CT molecular complexity index is 698. The molecule has 0 aliphatic carbocycles. The lowest BCUT2D eigenvalue weighted by Gasteiger charge is -2.19. The first-order chi connectivity index (χ1) is 9.63. The first kappa shape index (κ1) is 15.2. The molecule has 0 N–H and O–H groups in total. The summed E-state index contributed by atoms with van der Waals surface area (Å²) in [5, 5.41) is 4.14. The van der Waals surface area contributed by atoms with Crippen LogP contribution in [0.2, 0.25) is 0 Å². The summed E-state index contributed by atoms with van der Waals surface area (Å²) in [6.07, 6.45) is 3.76. The maximum Gasteiger partial charge on any atom is 0.417 e. The lowest BCUT2D eigenvalue weighted by molar-refractivity contribution is -0.137. The van der Waals surface area contributed by atoms with Crippen LogP contribution in [-0.2, 0) is 11.7 Å². The third-order valence-electron chi connectivity index (χ3n) is 3.07. The van der Waals surface area contributed by atoms with Gasteiger partial charge >= 0.3 is 6.18 Å². The molecule has 0 radical (unpaired) electrons. The van der Waals surface area contributed by atoms with Crippen LogP contribution >= 0.6 is 0 Å². The number of terminal acetylenes is 1. The molecule has 110 valence electrons. The van der Waals surface area contributed by atoms with Crippen molar-refractivity contribution in [3.63, 3.8) is 0 Å². The number of rotatable bonds is 1. The van der Waals surface area contributed by atoms with E-state index in [1.165, 1.54) is 18.3 Å². The third-order valence-corrected chi connectivity index (χ3v) is 3.07. The molecule has 5 heteroatoms. The Morgan fingerprint density at radius 1 is 1.19 bits per heavy atom. The predicted molar refractivity (Wildman–Crippen MR) is 75.6 cm³/mol. The molecule has 0 atom stereocenters. The first-order valence-electron chi connectivity index (χ1n) is 6.36. The minimum Gasteiger partial charge on any atom is -0.267 e. The molecule has 0 fully saturated rings. The van der Waals surface area contributed by atoms with Gasteiger partial charge in [-0.15, -0.1) is 6.42 Å². The lowest BCUT2D eigenvalue weighted by Crippen LogP contribution is -2.21. The van der Waals surface area contributed by atoms with Crippen molar-refractivity contribution in [1.29, 1.82) is 0 Å². The van der Waals surface area contributed by atoms with Crippen LogP contribution in [0.25, 0.3) is 11.1 Å². The normalized spacial score (nSPS) is 12.2. The van der Waals surface area contributed by atoms with Gasteiger partial charge in [0.2, 0.25) is 0 Å². The molecule has 1 heterocycles. The van der Waals surface area contributed by atoms with Crippen molar-refractivity contribution in [3.8, 4) is 23.5 Å². The highest BCUT2D eigenvalue weighted by atomic mass is 19.4. The van der Waals surface area contributed by atoms with Gasteiger partial charge in [-0.25, -0.2) is 0 Å². The van der Waals surface area contributed by atoms with Gasteiger partial charge in [-0.05, 0) is 38.5 Å². The van der Waals surface area contributed by atoms with E-state index in [2.05, 4.69) is 11.0 Å². The zero-order valence-electron chi connectivity index (χ0n) is 12.0. The van der Waals surface area contributed by atoms with Crippen LogP contribution in [0.3, 0.4) is 0 Å². The van der Waals surface area contributed by atoms with Gasteiger partial charge in [0.05, 0.1) is 17.3 Å². The van der Waals surface area contributed by atoms with Gasteiger partial charge < -0.3 is 0 Å². The summed E-state index contributed by atoms with van der Waals surface area (Å²) in [6, 6.07) is 3.88. The number of hydrogen-bond acceptors (Lipinski definition) is 1. The molecule has 0 amide bonds. The Hall–Kier alpha value is -2.22. The topological polar surface area (TPSA) is 17.8 Å². The minimum atomic E-state index is -4.47. The smallest absolute Gasteiger partial charge is 0.267 e. The van der Waals surface area contributed by atoms with Gasteiger partial charge in [-0.1, -0.05) is 12.0 Å². The highest BCUT2D eigenvalue weighted by Crippen LogP contribution is 2.37. The van der Waals surface area contributed by atoms with E-state index in [0.29, 0.717) is 5.56 Å². The molecule has 0 saturated heterocycles. The van der Waals surface area contributed by atoms with Gasteiger partial charge in [0.25, 0.3) is 0 Å². The second-order valence-electron chi connectivity index (χ2n) is 5.75. The van der Waals surface area contributed by atoms with Gasteiger partial charge in [0.1, 0.15) is 0 Å². The van der Waals surface area contributed by atoms with Crippen LogP contribution in [0, 0.1) is 12.3 Å². The van der Waals surface area contributed by atoms with E-state index >= 15 is 0 Å². The van der Waals surface area contributed by atoms with Crippen molar-refractivity contribution in [3.05, 3.63) is 41.7 Å². The molecule has 0 aliphatic heterocycles. The number of benzene rings is 1. The number of hydrogen-bond donors (Lipinski definition) is 0. The molecule has 0 bridgehead atoms. The fraction of sp³-hybridized carbons (Fsp3) is 0.312. The molecule has 1 aromatic carbocycles. The summed E-state index contributed by atoms with van der Waals surface area (Å²) in [5.74, 6) is 2.23. The zero-order valence-corrected chi connectivity index (χ0v) is 12.0. The van der Waals surface area contributed by atoms with Crippen LogP contribution in [0.4, 0.5) is 13.2 Å². The number of nitrogens with zero attached hydrogens (tertiary/aromatic N) is 2. The van der Waals surface area contributed by atoms with E-state index in [1.807, 2.05) is 20.8 Å². The van der Waals surface area contributed by atoms with Crippen LogP contribution in [0.5, 0.6) is 0 Å². The molecule has 0 spiro atoms. The average Bonchev–Trinajstić information content (AvgIpc) is 2.86. The Labute approximate surface area is 121 Å². The summed E-state index contributed by atoms with van der Waals surface area (Å²) in [4.78, 5) is 0. The molecule has 21 heavy (non-hydrogen) atoms. The Balaban J connectivity index is 2.59. The van der Waals surface area contributed by atoms with Crippen molar-refractivity contribution >= 4 is 0 Å². The van der Waals surface area contributed by atoms with Crippen molar-refractivity contribution in [2.24, 2.45) is 0 Å². The van der Waals surface area contributed by atoms with Crippen LogP contribution in [0.15, 0.2) is 30.6 Å². The van der Waals surface area contributed by atoms with Gasteiger partial charge in [-0.3, -0.25) is 4.68 Å². The van der Waals surface area contributed by atoms with Crippen molar-refractivity contribution in [2.45, 2.75) is 32.5 Å². The molecule has 0 aliphatic rings. The summed E-state index contributed by atoms with van der Waals surface area (Å²) in [6.45, 7) is 5.78.